The molecule has 0 spiro atoms. The second-order valence-corrected chi connectivity index (χ2v) is 8.76. The third-order valence-electron chi connectivity index (χ3n) is 5.92. The number of amides is 1. The highest BCUT2D eigenvalue weighted by atomic mass is 35.5. The van der Waals surface area contributed by atoms with Crippen LogP contribution in [0, 0.1) is 6.92 Å². The number of fused-ring (bicyclic) bond motifs is 2. The Balaban J connectivity index is 1.76. The summed E-state index contributed by atoms with van der Waals surface area (Å²) in [5, 5.41) is 0.698. The molecule has 0 radical (unpaired) electrons. The van der Waals surface area contributed by atoms with E-state index in [1.807, 2.05) is 19.9 Å². The molecule has 1 unspecified atom stereocenters. The molecule has 1 atom stereocenters. The van der Waals surface area contributed by atoms with Crippen molar-refractivity contribution in [1.29, 1.82) is 0 Å². The fourth-order valence-corrected chi connectivity index (χ4v) is 4.55. The maximum absolute atomic E-state index is 13.8. The first-order chi connectivity index (χ1) is 17.4. The smallest absolute Gasteiger partial charge is 0.296 e. The van der Waals surface area contributed by atoms with Gasteiger partial charge in [0.15, 0.2) is 16.9 Å². The van der Waals surface area contributed by atoms with E-state index in [2.05, 4.69) is 11.6 Å². The van der Waals surface area contributed by atoms with Crippen LogP contribution in [0.1, 0.15) is 40.2 Å². The van der Waals surface area contributed by atoms with Crippen LogP contribution in [0.2, 0.25) is 5.02 Å². The number of pyridine rings is 1. The van der Waals surface area contributed by atoms with Crippen molar-refractivity contribution in [3.8, 4) is 11.5 Å². The van der Waals surface area contributed by atoms with Crippen LogP contribution < -0.4 is 19.8 Å². The summed E-state index contributed by atoms with van der Waals surface area (Å²) in [6.45, 7) is 8.17. The second kappa shape index (κ2) is 9.51. The fourth-order valence-electron chi connectivity index (χ4n) is 4.38. The van der Waals surface area contributed by atoms with Gasteiger partial charge >= 0.3 is 0 Å². The lowest BCUT2D eigenvalue weighted by atomic mass is 9.98. The Morgan fingerprint density at radius 3 is 2.69 bits per heavy atom. The minimum Gasteiger partial charge on any atom is -0.490 e. The number of rotatable bonds is 7. The average molecular weight is 503 g/mol. The van der Waals surface area contributed by atoms with Gasteiger partial charge in [-0.15, -0.1) is 0 Å². The van der Waals surface area contributed by atoms with Crippen LogP contribution in [0.3, 0.4) is 0 Å². The van der Waals surface area contributed by atoms with Gasteiger partial charge in [-0.25, -0.2) is 4.98 Å². The highest BCUT2D eigenvalue weighted by Crippen LogP contribution is 2.43. The quantitative estimate of drug-likeness (QED) is 0.294. The number of aryl methyl sites for hydroxylation is 1. The van der Waals surface area contributed by atoms with Gasteiger partial charge in [-0.3, -0.25) is 14.5 Å². The van der Waals surface area contributed by atoms with Crippen molar-refractivity contribution >= 4 is 34.3 Å². The Hall–Kier alpha value is -4.10. The Morgan fingerprint density at radius 1 is 1.11 bits per heavy atom. The largest absolute Gasteiger partial charge is 0.490 e. The van der Waals surface area contributed by atoms with Crippen LogP contribution in [-0.2, 0) is 0 Å². The van der Waals surface area contributed by atoms with Gasteiger partial charge in [-0.1, -0.05) is 30.3 Å². The van der Waals surface area contributed by atoms with Crippen molar-refractivity contribution in [2.45, 2.75) is 19.9 Å². The molecule has 36 heavy (non-hydrogen) atoms. The predicted octanol–water partition coefficient (Wildman–Crippen LogP) is 5.86. The number of hydrogen-bond donors (Lipinski definition) is 0. The van der Waals surface area contributed by atoms with E-state index in [4.69, 9.17) is 25.5 Å². The zero-order chi connectivity index (χ0) is 25.4. The topological polar surface area (TPSA) is 81.9 Å². The molecule has 2 aromatic heterocycles. The Labute approximate surface area is 212 Å². The summed E-state index contributed by atoms with van der Waals surface area (Å²) in [4.78, 5) is 33.4. The molecule has 3 heterocycles. The molecule has 1 aliphatic rings. The van der Waals surface area contributed by atoms with Crippen molar-refractivity contribution in [3.63, 3.8) is 0 Å². The van der Waals surface area contributed by atoms with Crippen molar-refractivity contribution < 1.29 is 18.7 Å². The molecular formula is C28H23ClN2O5. The lowest BCUT2D eigenvalue weighted by molar-refractivity contribution is 0.0970. The standard InChI is InChI=1S/C28H23ClN2O5/c1-4-12-35-21-8-6-17(14-22(21)34-5-2)25-24-26(32)19-15-18(29)7-9-20(19)36-27(24)28(33)31(25)23-13-16(3)10-11-30-23/h4,6-11,13-15,25H,1,5,12H2,2-3H3. The first-order valence-corrected chi connectivity index (χ1v) is 11.8. The summed E-state index contributed by atoms with van der Waals surface area (Å²) in [5.74, 6) is 0.952. The zero-order valence-electron chi connectivity index (χ0n) is 19.8. The van der Waals surface area contributed by atoms with E-state index in [1.54, 1.807) is 54.7 Å². The van der Waals surface area contributed by atoms with Gasteiger partial charge in [0.05, 0.1) is 23.6 Å². The molecule has 1 amide bonds. The van der Waals surface area contributed by atoms with Crippen molar-refractivity contribution in [2.75, 3.05) is 18.1 Å². The molecule has 182 valence electrons. The number of halogens is 1. The summed E-state index contributed by atoms with van der Waals surface area (Å²) < 4.78 is 17.6. The van der Waals surface area contributed by atoms with E-state index >= 15 is 0 Å². The number of benzene rings is 2. The molecule has 0 saturated heterocycles. The first-order valence-electron chi connectivity index (χ1n) is 11.5. The number of nitrogens with zero attached hydrogens (tertiary/aromatic N) is 2. The lowest BCUT2D eigenvalue weighted by Gasteiger charge is -2.25. The van der Waals surface area contributed by atoms with Gasteiger partial charge in [0, 0.05) is 11.2 Å². The molecule has 4 aromatic rings. The molecule has 0 fully saturated rings. The summed E-state index contributed by atoms with van der Waals surface area (Å²) in [5.41, 5.74) is 1.75. The average Bonchev–Trinajstić information content (AvgIpc) is 3.16. The van der Waals surface area contributed by atoms with Crippen molar-refractivity contribution in [3.05, 3.63) is 105 Å². The van der Waals surface area contributed by atoms with Crippen LogP contribution in [0.25, 0.3) is 11.0 Å². The van der Waals surface area contributed by atoms with E-state index < -0.39 is 11.9 Å². The molecular weight excluding hydrogens is 480 g/mol. The van der Waals surface area contributed by atoms with Crippen LogP contribution in [-0.4, -0.2) is 24.1 Å². The van der Waals surface area contributed by atoms with E-state index in [1.165, 1.54) is 4.90 Å². The van der Waals surface area contributed by atoms with E-state index in [-0.39, 0.29) is 22.3 Å². The zero-order valence-corrected chi connectivity index (χ0v) is 20.5. The van der Waals surface area contributed by atoms with Gasteiger partial charge in [-0.2, -0.15) is 0 Å². The van der Waals surface area contributed by atoms with E-state index in [0.717, 1.165) is 5.56 Å². The van der Waals surface area contributed by atoms with Crippen LogP contribution in [0.5, 0.6) is 11.5 Å². The Morgan fingerprint density at radius 2 is 1.94 bits per heavy atom. The molecule has 2 aromatic carbocycles. The number of carbonyl (C=O) groups excluding carboxylic acids is 1. The molecule has 7 nitrogen and oxygen atoms in total. The predicted molar refractivity (Wildman–Crippen MR) is 138 cm³/mol. The van der Waals surface area contributed by atoms with Crippen LogP contribution in [0.4, 0.5) is 5.82 Å². The molecule has 0 N–H and O–H groups in total. The SMILES string of the molecule is C=CCOc1ccc(C2c3c(oc4ccc(Cl)cc4c3=O)C(=O)N2c2cc(C)ccn2)cc1OCC. The lowest BCUT2D eigenvalue weighted by Crippen LogP contribution is -2.30. The van der Waals surface area contributed by atoms with E-state index in [9.17, 15) is 9.59 Å². The third-order valence-corrected chi connectivity index (χ3v) is 6.16. The summed E-state index contributed by atoms with van der Waals surface area (Å²) in [7, 11) is 0. The minimum absolute atomic E-state index is 0.0203. The fraction of sp³-hybridized carbons (Fsp3) is 0.179. The highest BCUT2D eigenvalue weighted by Gasteiger charge is 2.44. The normalized spacial score (nSPS) is 14.7. The summed E-state index contributed by atoms with van der Waals surface area (Å²) in [6.07, 6.45) is 3.27. The molecule has 5 rings (SSSR count). The van der Waals surface area contributed by atoms with Crippen molar-refractivity contribution in [2.24, 2.45) is 0 Å². The number of aromatic nitrogens is 1. The van der Waals surface area contributed by atoms with Gasteiger partial charge in [0.25, 0.3) is 5.91 Å². The van der Waals surface area contributed by atoms with Crippen LogP contribution >= 0.6 is 11.6 Å². The second-order valence-electron chi connectivity index (χ2n) is 8.32. The van der Waals surface area contributed by atoms with Crippen LogP contribution in [0.15, 0.2) is 76.6 Å². The Bertz CT molecular complexity index is 1560. The van der Waals surface area contributed by atoms with Crippen molar-refractivity contribution in [1.82, 2.24) is 4.98 Å². The third kappa shape index (κ3) is 4.01. The van der Waals surface area contributed by atoms with E-state index in [0.29, 0.717) is 46.5 Å². The maximum Gasteiger partial charge on any atom is 0.296 e. The molecule has 8 heteroatoms. The molecule has 1 aliphatic heterocycles. The summed E-state index contributed by atoms with van der Waals surface area (Å²) in [6, 6.07) is 12.9. The molecule has 0 aliphatic carbocycles. The number of carbonyl (C=O) groups is 1. The van der Waals surface area contributed by atoms with Gasteiger partial charge in [-0.05, 0) is 67.4 Å². The van der Waals surface area contributed by atoms with Gasteiger partial charge in [0.1, 0.15) is 18.0 Å². The van der Waals surface area contributed by atoms with Gasteiger partial charge in [0.2, 0.25) is 5.76 Å². The molecule has 0 bridgehead atoms. The first kappa shape index (κ1) is 23.6. The number of ether oxygens (including phenoxy) is 2. The van der Waals surface area contributed by atoms with Gasteiger partial charge < -0.3 is 13.9 Å². The number of anilines is 1. The summed E-state index contributed by atoms with van der Waals surface area (Å²) >= 11 is 6.17. The number of hydrogen-bond acceptors (Lipinski definition) is 6. The highest BCUT2D eigenvalue weighted by molar-refractivity contribution is 6.31. The minimum atomic E-state index is -0.797. The molecule has 0 saturated carbocycles. The monoisotopic (exact) mass is 502 g/mol. The Kier molecular flexibility index (Phi) is 6.24. The maximum atomic E-state index is 13.8.